The van der Waals surface area contributed by atoms with Gasteiger partial charge in [-0.3, -0.25) is 4.90 Å². The van der Waals surface area contributed by atoms with E-state index >= 15 is 0 Å². The van der Waals surface area contributed by atoms with Crippen molar-refractivity contribution in [2.24, 2.45) is 0 Å². The molecule has 0 amide bonds. The third-order valence-electron chi connectivity index (χ3n) is 4.77. The summed E-state index contributed by atoms with van der Waals surface area (Å²) in [6.45, 7) is 7.97. The highest BCUT2D eigenvalue weighted by Gasteiger charge is 2.28. The molecular weight excluding hydrogens is 266 g/mol. The molecule has 1 saturated carbocycles. The number of morpholine rings is 1. The maximum Gasteiger partial charge on any atom is 0.219 e. The van der Waals surface area contributed by atoms with Crippen molar-refractivity contribution in [3.8, 4) is 5.88 Å². The highest BCUT2D eigenvalue weighted by molar-refractivity contribution is 5.27. The van der Waals surface area contributed by atoms with E-state index in [1.807, 2.05) is 13.8 Å². The Kier molecular flexibility index (Phi) is 4.70. The maximum absolute atomic E-state index is 6.11. The molecule has 0 aromatic carbocycles. The Morgan fingerprint density at radius 1 is 1.10 bits per heavy atom. The van der Waals surface area contributed by atoms with Gasteiger partial charge in [-0.05, 0) is 39.5 Å². The molecule has 0 unspecified atom stereocenters. The van der Waals surface area contributed by atoms with E-state index in [1.54, 1.807) is 6.33 Å². The number of ether oxygens (including phenoxy) is 2. The number of rotatable bonds is 3. The Balaban J connectivity index is 1.52. The number of aromatic nitrogens is 2. The first-order chi connectivity index (χ1) is 10.2. The minimum Gasteiger partial charge on any atom is -0.474 e. The van der Waals surface area contributed by atoms with Crippen molar-refractivity contribution in [1.29, 1.82) is 0 Å². The highest BCUT2D eigenvalue weighted by Crippen LogP contribution is 2.27. The summed E-state index contributed by atoms with van der Waals surface area (Å²) < 4.78 is 11.5. The molecule has 2 heterocycles. The van der Waals surface area contributed by atoms with Gasteiger partial charge in [0.05, 0.1) is 13.2 Å². The number of nitrogens with zero attached hydrogens (tertiary/aromatic N) is 3. The Hall–Kier alpha value is -1.20. The van der Waals surface area contributed by atoms with Gasteiger partial charge in [-0.1, -0.05) is 0 Å². The molecule has 0 atom stereocenters. The van der Waals surface area contributed by atoms with Gasteiger partial charge >= 0.3 is 0 Å². The molecule has 0 radical (unpaired) electrons. The summed E-state index contributed by atoms with van der Waals surface area (Å²) in [7, 11) is 0. The second kappa shape index (κ2) is 6.71. The molecule has 1 aromatic heterocycles. The van der Waals surface area contributed by atoms with Crippen LogP contribution >= 0.6 is 0 Å². The third-order valence-corrected chi connectivity index (χ3v) is 4.77. The first kappa shape index (κ1) is 14.7. The molecule has 1 aliphatic heterocycles. The van der Waals surface area contributed by atoms with Crippen LogP contribution in [-0.4, -0.2) is 53.3 Å². The average Bonchev–Trinajstić information content (AvgIpc) is 2.53. The number of hydrogen-bond acceptors (Lipinski definition) is 5. The summed E-state index contributed by atoms with van der Waals surface area (Å²) in [6, 6.07) is 0.710. The van der Waals surface area contributed by atoms with Gasteiger partial charge in [0.15, 0.2) is 0 Å². The first-order valence-corrected chi connectivity index (χ1v) is 8.00. The van der Waals surface area contributed by atoms with E-state index in [1.165, 1.54) is 12.8 Å². The van der Waals surface area contributed by atoms with Crippen molar-refractivity contribution in [3.63, 3.8) is 0 Å². The molecule has 3 rings (SSSR count). The minimum atomic E-state index is 0.301. The lowest BCUT2D eigenvalue weighted by Gasteiger charge is -2.38. The summed E-state index contributed by atoms with van der Waals surface area (Å²) >= 11 is 0. The fraction of sp³-hybridized carbons (Fsp3) is 0.750. The molecule has 21 heavy (non-hydrogen) atoms. The Morgan fingerprint density at radius 2 is 1.81 bits per heavy atom. The molecule has 5 nitrogen and oxygen atoms in total. The van der Waals surface area contributed by atoms with Crippen LogP contribution in [0, 0.1) is 13.8 Å². The van der Waals surface area contributed by atoms with Crippen LogP contribution in [0.4, 0.5) is 0 Å². The smallest absolute Gasteiger partial charge is 0.219 e. The fourth-order valence-electron chi connectivity index (χ4n) is 3.26. The van der Waals surface area contributed by atoms with Gasteiger partial charge in [-0.15, -0.1) is 0 Å². The zero-order chi connectivity index (χ0) is 14.7. The zero-order valence-corrected chi connectivity index (χ0v) is 13.0. The summed E-state index contributed by atoms with van der Waals surface area (Å²) in [6.07, 6.45) is 6.56. The van der Waals surface area contributed by atoms with E-state index in [0.29, 0.717) is 12.1 Å². The first-order valence-electron chi connectivity index (χ1n) is 8.00. The van der Waals surface area contributed by atoms with Crippen molar-refractivity contribution in [1.82, 2.24) is 14.9 Å². The quantitative estimate of drug-likeness (QED) is 0.853. The predicted octanol–water partition coefficient (Wildman–Crippen LogP) is 2.12. The SMILES string of the molecule is Cc1ncnc(OC2CCC(N3CCOCC3)CC2)c1C. The third kappa shape index (κ3) is 3.52. The van der Waals surface area contributed by atoms with E-state index in [4.69, 9.17) is 9.47 Å². The van der Waals surface area contributed by atoms with E-state index in [9.17, 15) is 0 Å². The molecule has 5 heteroatoms. The topological polar surface area (TPSA) is 47.5 Å². The highest BCUT2D eigenvalue weighted by atomic mass is 16.5. The second-order valence-corrected chi connectivity index (χ2v) is 6.09. The van der Waals surface area contributed by atoms with E-state index in [-0.39, 0.29) is 0 Å². The molecule has 1 saturated heterocycles. The summed E-state index contributed by atoms with van der Waals surface area (Å²) in [4.78, 5) is 11.1. The van der Waals surface area contributed by atoms with Gasteiger partial charge in [0.2, 0.25) is 5.88 Å². The Labute approximate surface area is 126 Å². The molecule has 0 N–H and O–H groups in total. The van der Waals surface area contributed by atoms with Gasteiger partial charge in [0.25, 0.3) is 0 Å². The van der Waals surface area contributed by atoms with Gasteiger partial charge < -0.3 is 9.47 Å². The van der Waals surface area contributed by atoms with E-state index in [2.05, 4.69) is 14.9 Å². The lowest BCUT2D eigenvalue weighted by Crippen LogP contribution is -2.46. The second-order valence-electron chi connectivity index (χ2n) is 6.09. The van der Waals surface area contributed by atoms with Crippen LogP contribution in [0.1, 0.15) is 36.9 Å². The van der Waals surface area contributed by atoms with Gasteiger partial charge in [0.1, 0.15) is 12.4 Å². The lowest BCUT2D eigenvalue weighted by atomic mass is 9.91. The van der Waals surface area contributed by atoms with Crippen LogP contribution < -0.4 is 4.74 Å². The lowest BCUT2D eigenvalue weighted by molar-refractivity contribution is -0.00146. The number of aryl methyl sites for hydroxylation is 1. The van der Waals surface area contributed by atoms with Crippen LogP contribution in [0.15, 0.2) is 6.33 Å². The Morgan fingerprint density at radius 3 is 2.52 bits per heavy atom. The van der Waals surface area contributed by atoms with Crippen molar-refractivity contribution in [2.75, 3.05) is 26.3 Å². The number of hydrogen-bond donors (Lipinski definition) is 0. The van der Waals surface area contributed by atoms with Crippen molar-refractivity contribution < 1.29 is 9.47 Å². The maximum atomic E-state index is 6.11. The molecule has 2 fully saturated rings. The van der Waals surface area contributed by atoms with E-state index < -0.39 is 0 Å². The van der Waals surface area contributed by atoms with Gasteiger partial charge in [0, 0.05) is 30.4 Å². The monoisotopic (exact) mass is 291 g/mol. The average molecular weight is 291 g/mol. The van der Waals surface area contributed by atoms with Crippen LogP contribution in [0.5, 0.6) is 5.88 Å². The molecular formula is C16H25N3O2. The van der Waals surface area contributed by atoms with Crippen LogP contribution in [0.2, 0.25) is 0 Å². The normalized spacial score (nSPS) is 27.5. The van der Waals surface area contributed by atoms with Crippen LogP contribution in [-0.2, 0) is 4.74 Å². The van der Waals surface area contributed by atoms with Gasteiger partial charge in [-0.2, -0.15) is 0 Å². The van der Waals surface area contributed by atoms with Crippen LogP contribution in [0.25, 0.3) is 0 Å². The standard InChI is InChI=1S/C16H25N3O2/c1-12-13(2)17-11-18-16(12)21-15-5-3-14(4-6-15)19-7-9-20-10-8-19/h11,14-15H,3-10H2,1-2H3. The van der Waals surface area contributed by atoms with Gasteiger partial charge in [-0.25, -0.2) is 9.97 Å². The molecule has 1 aliphatic carbocycles. The summed E-state index contributed by atoms with van der Waals surface area (Å²) in [5, 5.41) is 0. The molecule has 2 aliphatic rings. The Bertz CT molecular complexity index is 467. The molecule has 116 valence electrons. The summed E-state index contributed by atoms with van der Waals surface area (Å²) in [5.41, 5.74) is 2.06. The zero-order valence-electron chi connectivity index (χ0n) is 13.0. The molecule has 0 bridgehead atoms. The molecule has 0 spiro atoms. The van der Waals surface area contributed by atoms with Crippen molar-refractivity contribution in [2.45, 2.75) is 51.7 Å². The molecule has 1 aromatic rings. The van der Waals surface area contributed by atoms with Crippen molar-refractivity contribution >= 4 is 0 Å². The van der Waals surface area contributed by atoms with Crippen molar-refractivity contribution in [3.05, 3.63) is 17.6 Å². The van der Waals surface area contributed by atoms with Crippen LogP contribution in [0.3, 0.4) is 0 Å². The van der Waals surface area contributed by atoms with E-state index in [0.717, 1.165) is 56.3 Å². The predicted molar refractivity (Wildman–Crippen MR) is 80.6 cm³/mol. The largest absolute Gasteiger partial charge is 0.474 e. The summed E-state index contributed by atoms with van der Waals surface area (Å²) in [5.74, 6) is 0.761. The fourth-order valence-corrected chi connectivity index (χ4v) is 3.26. The minimum absolute atomic E-state index is 0.301.